The number of thiophene rings is 1. The van der Waals surface area contributed by atoms with Crippen molar-refractivity contribution in [3.05, 3.63) is 51.2 Å². The van der Waals surface area contributed by atoms with Crippen molar-refractivity contribution >= 4 is 33.3 Å². The van der Waals surface area contributed by atoms with Gasteiger partial charge in [-0.2, -0.15) is 10.2 Å². The molecule has 0 unspecified atom stereocenters. The normalized spacial score (nSPS) is 10.4. The molecule has 0 saturated heterocycles. The van der Waals surface area contributed by atoms with Crippen molar-refractivity contribution in [2.45, 2.75) is 6.92 Å². The number of hydrogen-bond donors (Lipinski definition) is 1. The van der Waals surface area contributed by atoms with Crippen LogP contribution in [0.4, 0.5) is 11.7 Å². The van der Waals surface area contributed by atoms with E-state index in [4.69, 9.17) is 9.68 Å². The fourth-order valence-electron chi connectivity index (χ4n) is 1.79. The summed E-state index contributed by atoms with van der Waals surface area (Å²) in [4.78, 5) is 17.7. The van der Waals surface area contributed by atoms with Gasteiger partial charge in [-0.15, -0.1) is 11.3 Å². The Hall–Kier alpha value is -2.65. The van der Waals surface area contributed by atoms with E-state index in [0.717, 1.165) is 4.88 Å². The molecule has 0 aliphatic heterocycles. The molecular weight excluding hydrogens is 274 g/mol. The summed E-state index contributed by atoms with van der Waals surface area (Å²) in [5, 5.41) is 12.1. The van der Waals surface area contributed by atoms with Gasteiger partial charge in [-0.25, -0.2) is 4.79 Å². The van der Waals surface area contributed by atoms with E-state index < -0.39 is 5.63 Å². The smallest absolute Gasteiger partial charge is 0.349 e. The Balaban J connectivity index is 1.98. The monoisotopic (exact) mass is 283 g/mol. The lowest BCUT2D eigenvalue weighted by Crippen LogP contribution is -2.03. The number of aromatic nitrogens is 1. The molecule has 3 aromatic rings. The minimum atomic E-state index is -0.407. The molecule has 0 aliphatic carbocycles. The second-order valence-corrected chi connectivity index (χ2v) is 5.43. The van der Waals surface area contributed by atoms with Crippen molar-refractivity contribution in [2.75, 3.05) is 5.32 Å². The highest BCUT2D eigenvalue weighted by Gasteiger charge is 2.09. The summed E-state index contributed by atoms with van der Waals surface area (Å²) in [5.41, 5.74) is 0.858. The third kappa shape index (κ3) is 2.27. The summed E-state index contributed by atoms with van der Waals surface area (Å²) in [6, 6.07) is 10.8. The van der Waals surface area contributed by atoms with Gasteiger partial charge in [0.15, 0.2) is 0 Å². The molecule has 0 bridgehead atoms. The van der Waals surface area contributed by atoms with Gasteiger partial charge >= 0.3 is 11.6 Å². The number of hydrogen-bond acceptors (Lipinski definition) is 6. The Morgan fingerprint density at radius 3 is 2.80 bits per heavy atom. The average molecular weight is 283 g/mol. The van der Waals surface area contributed by atoms with Crippen molar-refractivity contribution < 1.29 is 4.42 Å². The first-order chi connectivity index (χ1) is 9.65. The summed E-state index contributed by atoms with van der Waals surface area (Å²) >= 11 is 1.44. The van der Waals surface area contributed by atoms with Crippen LogP contribution in [0.5, 0.6) is 0 Å². The number of nitrogens with zero attached hydrogens (tertiary/aromatic N) is 2. The van der Waals surface area contributed by atoms with Crippen LogP contribution in [0.1, 0.15) is 10.4 Å². The van der Waals surface area contributed by atoms with Crippen LogP contribution < -0.4 is 10.9 Å². The molecule has 2 aromatic heterocycles. The number of aryl methyl sites for hydroxylation is 1. The van der Waals surface area contributed by atoms with Crippen LogP contribution >= 0.6 is 11.3 Å². The van der Waals surface area contributed by atoms with E-state index in [1.165, 1.54) is 11.3 Å². The molecule has 6 heteroatoms. The fourth-order valence-corrected chi connectivity index (χ4v) is 2.66. The highest BCUT2D eigenvalue weighted by Crippen LogP contribution is 2.23. The Bertz CT molecular complexity index is 872. The van der Waals surface area contributed by atoms with Crippen LogP contribution in [-0.2, 0) is 0 Å². The molecule has 0 radical (unpaired) electrons. The van der Waals surface area contributed by atoms with Crippen LogP contribution in [-0.4, -0.2) is 4.98 Å². The standard InChI is InChI=1S/C14H9N3O2S/c1-8-6-11-12(20-8)17-14(19-13(11)18)16-10-4-2-9(7-15)3-5-10/h2-6H,1H3,(H,16,17). The van der Waals surface area contributed by atoms with E-state index >= 15 is 0 Å². The summed E-state index contributed by atoms with van der Waals surface area (Å²) in [5.74, 6) is 0. The lowest BCUT2D eigenvalue weighted by molar-refractivity contribution is 0.522. The molecule has 0 aliphatic rings. The quantitative estimate of drug-likeness (QED) is 0.781. The van der Waals surface area contributed by atoms with Crippen LogP contribution in [0.25, 0.3) is 10.2 Å². The van der Waals surface area contributed by atoms with Crippen LogP contribution in [0.15, 0.2) is 39.5 Å². The molecule has 1 N–H and O–H groups in total. The summed E-state index contributed by atoms with van der Waals surface area (Å²) in [6.45, 7) is 1.92. The largest absolute Gasteiger partial charge is 0.388 e. The molecule has 5 nitrogen and oxygen atoms in total. The van der Waals surface area contributed by atoms with Crippen molar-refractivity contribution in [2.24, 2.45) is 0 Å². The molecule has 0 amide bonds. The maximum atomic E-state index is 11.8. The van der Waals surface area contributed by atoms with Gasteiger partial charge in [0.05, 0.1) is 17.0 Å². The lowest BCUT2D eigenvalue weighted by atomic mass is 10.2. The fraction of sp³-hybridized carbons (Fsp3) is 0.0714. The maximum absolute atomic E-state index is 11.8. The molecule has 0 fully saturated rings. The van der Waals surface area contributed by atoms with Gasteiger partial charge in [0.25, 0.3) is 0 Å². The van der Waals surface area contributed by atoms with E-state index in [1.54, 1.807) is 30.3 Å². The molecule has 0 atom stereocenters. The molecule has 1 aromatic carbocycles. The lowest BCUT2D eigenvalue weighted by Gasteiger charge is -2.03. The molecule has 3 rings (SSSR count). The second kappa shape index (κ2) is 4.79. The van der Waals surface area contributed by atoms with Gasteiger partial charge in [0.1, 0.15) is 4.83 Å². The van der Waals surface area contributed by atoms with Crippen LogP contribution in [0.2, 0.25) is 0 Å². The first-order valence-electron chi connectivity index (χ1n) is 5.84. The van der Waals surface area contributed by atoms with E-state index in [9.17, 15) is 4.79 Å². The van der Waals surface area contributed by atoms with E-state index in [1.807, 2.05) is 13.0 Å². The van der Waals surface area contributed by atoms with Crippen LogP contribution in [0, 0.1) is 18.3 Å². The predicted molar refractivity (Wildman–Crippen MR) is 77.3 cm³/mol. The van der Waals surface area contributed by atoms with Gasteiger partial charge in [-0.1, -0.05) is 0 Å². The third-order valence-electron chi connectivity index (χ3n) is 2.71. The average Bonchev–Trinajstić information content (AvgIpc) is 2.81. The topological polar surface area (TPSA) is 78.9 Å². The summed E-state index contributed by atoms with van der Waals surface area (Å²) < 4.78 is 5.13. The number of nitrogens with one attached hydrogen (secondary N) is 1. The minimum absolute atomic E-state index is 0.147. The third-order valence-corrected chi connectivity index (χ3v) is 3.66. The predicted octanol–water partition coefficient (Wildman–Crippen LogP) is 3.17. The zero-order valence-electron chi connectivity index (χ0n) is 10.5. The van der Waals surface area contributed by atoms with E-state index in [2.05, 4.69) is 10.3 Å². The molecule has 2 heterocycles. The Morgan fingerprint density at radius 1 is 1.35 bits per heavy atom. The van der Waals surface area contributed by atoms with Crippen molar-refractivity contribution in [3.8, 4) is 6.07 Å². The van der Waals surface area contributed by atoms with Crippen molar-refractivity contribution in [3.63, 3.8) is 0 Å². The Kier molecular flexibility index (Phi) is 2.97. The molecule has 98 valence electrons. The number of rotatable bonds is 2. The van der Waals surface area contributed by atoms with Gasteiger partial charge in [0, 0.05) is 10.6 Å². The highest BCUT2D eigenvalue weighted by atomic mass is 32.1. The maximum Gasteiger partial charge on any atom is 0.349 e. The Labute approximate surface area is 118 Å². The van der Waals surface area contributed by atoms with Gasteiger partial charge in [0.2, 0.25) is 0 Å². The zero-order valence-corrected chi connectivity index (χ0v) is 11.3. The first kappa shape index (κ1) is 12.4. The van der Waals surface area contributed by atoms with Crippen molar-refractivity contribution in [1.82, 2.24) is 4.98 Å². The minimum Gasteiger partial charge on any atom is -0.388 e. The number of nitriles is 1. The first-order valence-corrected chi connectivity index (χ1v) is 6.66. The van der Waals surface area contributed by atoms with Crippen molar-refractivity contribution in [1.29, 1.82) is 5.26 Å². The second-order valence-electron chi connectivity index (χ2n) is 4.20. The highest BCUT2D eigenvalue weighted by molar-refractivity contribution is 7.18. The SMILES string of the molecule is Cc1cc2c(=O)oc(Nc3ccc(C#N)cc3)nc2s1. The molecule has 20 heavy (non-hydrogen) atoms. The Morgan fingerprint density at radius 2 is 2.10 bits per heavy atom. The number of fused-ring (bicyclic) bond motifs is 1. The zero-order chi connectivity index (χ0) is 14.1. The van der Waals surface area contributed by atoms with Gasteiger partial charge in [-0.05, 0) is 37.3 Å². The van der Waals surface area contributed by atoms with Crippen LogP contribution in [0.3, 0.4) is 0 Å². The summed E-state index contributed by atoms with van der Waals surface area (Å²) in [6.07, 6.45) is 0. The van der Waals surface area contributed by atoms with E-state index in [0.29, 0.717) is 21.5 Å². The number of anilines is 2. The van der Waals surface area contributed by atoms with Gasteiger partial charge < -0.3 is 9.73 Å². The van der Waals surface area contributed by atoms with E-state index in [-0.39, 0.29) is 6.01 Å². The summed E-state index contributed by atoms with van der Waals surface area (Å²) in [7, 11) is 0. The molecule has 0 spiro atoms. The molecular formula is C14H9N3O2S. The van der Waals surface area contributed by atoms with Gasteiger partial charge in [-0.3, -0.25) is 0 Å². The molecule has 0 saturated carbocycles. The number of benzene rings is 1.